The number of amidine groups is 1. The van der Waals surface area contributed by atoms with Gasteiger partial charge in [0.05, 0.1) is 16.4 Å². The van der Waals surface area contributed by atoms with E-state index >= 15 is 0 Å². The van der Waals surface area contributed by atoms with Crippen LogP contribution in [0.3, 0.4) is 0 Å². The van der Waals surface area contributed by atoms with Gasteiger partial charge in [-0.1, -0.05) is 33.2 Å². The van der Waals surface area contributed by atoms with Crippen molar-refractivity contribution >= 4 is 38.9 Å². The number of benzene rings is 1. The minimum absolute atomic E-state index is 0.128. The van der Waals surface area contributed by atoms with Crippen LogP contribution >= 0.6 is 27.3 Å². The zero-order valence-corrected chi connectivity index (χ0v) is 18.3. The van der Waals surface area contributed by atoms with Gasteiger partial charge in [0.1, 0.15) is 17.4 Å². The fourth-order valence-electron chi connectivity index (χ4n) is 2.68. The number of aromatic nitrogens is 2. The Bertz CT molecular complexity index is 975. The molecule has 4 N–H and O–H groups in total. The summed E-state index contributed by atoms with van der Waals surface area (Å²) < 4.78 is 6.75. The molecule has 7 nitrogen and oxygen atoms in total. The average molecular weight is 476 g/mol. The molecule has 0 aliphatic carbocycles. The molecule has 0 aliphatic heterocycles. The number of nitrogens with zero attached hydrogens (tertiary/aromatic N) is 3. The molecule has 0 amide bonds. The number of halogens is 1. The molecule has 3 aromatic rings. The third-order valence-corrected chi connectivity index (χ3v) is 5.69. The standard InChI is InChI=1S/C20H22BrN5O2S/c1-2-28-15-11-17(29-16(15)12-18(22)26-27)20-24-10-8-19(25-20)23-9-7-13-3-5-14(21)6-4-13/h3-6,8,10-11,27H,2,7,9,12H2,1H3,(H2,22,26)(H,23,24,25). The highest BCUT2D eigenvalue weighted by molar-refractivity contribution is 9.10. The monoisotopic (exact) mass is 475 g/mol. The van der Waals surface area contributed by atoms with E-state index in [0.29, 0.717) is 24.6 Å². The molecule has 0 bridgehead atoms. The van der Waals surface area contributed by atoms with Crippen LogP contribution in [-0.2, 0) is 12.8 Å². The van der Waals surface area contributed by atoms with Crippen LogP contribution in [-0.4, -0.2) is 34.2 Å². The van der Waals surface area contributed by atoms with Crippen LogP contribution in [0.2, 0.25) is 0 Å². The zero-order chi connectivity index (χ0) is 20.6. The van der Waals surface area contributed by atoms with Crippen molar-refractivity contribution in [3.05, 3.63) is 57.5 Å². The summed E-state index contributed by atoms with van der Waals surface area (Å²) in [7, 11) is 0. The van der Waals surface area contributed by atoms with Gasteiger partial charge in [0.25, 0.3) is 0 Å². The van der Waals surface area contributed by atoms with Gasteiger partial charge in [-0.25, -0.2) is 9.97 Å². The van der Waals surface area contributed by atoms with Crippen molar-refractivity contribution in [3.63, 3.8) is 0 Å². The van der Waals surface area contributed by atoms with Crippen molar-refractivity contribution in [1.82, 2.24) is 9.97 Å². The molecule has 0 unspecified atom stereocenters. The number of nitrogens with one attached hydrogen (secondary N) is 1. The van der Waals surface area contributed by atoms with E-state index in [2.05, 4.69) is 48.5 Å². The molecule has 0 saturated carbocycles. The Morgan fingerprint density at radius 1 is 1.31 bits per heavy atom. The number of oxime groups is 1. The van der Waals surface area contributed by atoms with Crippen LogP contribution in [0.25, 0.3) is 10.7 Å². The van der Waals surface area contributed by atoms with Crippen molar-refractivity contribution in [1.29, 1.82) is 0 Å². The van der Waals surface area contributed by atoms with Crippen LogP contribution in [0, 0.1) is 0 Å². The van der Waals surface area contributed by atoms with Gasteiger partial charge in [-0.15, -0.1) is 11.3 Å². The molecule has 0 atom stereocenters. The summed E-state index contributed by atoms with van der Waals surface area (Å²) in [6, 6.07) is 12.0. The predicted octanol–water partition coefficient (Wildman–Crippen LogP) is 4.31. The quantitative estimate of drug-likeness (QED) is 0.184. The number of hydrogen-bond acceptors (Lipinski definition) is 7. The Morgan fingerprint density at radius 3 is 2.83 bits per heavy atom. The minimum Gasteiger partial charge on any atom is -0.493 e. The third-order valence-electron chi connectivity index (χ3n) is 4.05. The van der Waals surface area contributed by atoms with Crippen LogP contribution in [0.1, 0.15) is 17.4 Å². The van der Waals surface area contributed by atoms with Gasteiger partial charge in [-0.2, -0.15) is 0 Å². The highest BCUT2D eigenvalue weighted by Crippen LogP contribution is 2.35. The fraction of sp³-hybridized carbons (Fsp3) is 0.250. The SMILES string of the molecule is CCOc1cc(-c2nccc(NCCc3ccc(Br)cc3)n2)sc1CC(N)=NO. The van der Waals surface area contributed by atoms with Crippen molar-refractivity contribution in [2.75, 3.05) is 18.5 Å². The molecule has 9 heteroatoms. The summed E-state index contributed by atoms with van der Waals surface area (Å²) in [6.07, 6.45) is 2.93. The predicted molar refractivity (Wildman–Crippen MR) is 120 cm³/mol. The van der Waals surface area contributed by atoms with E-state index in [1.54, 1.807) is 6.20 Å². The van der Waals surface area contributed by atoms with Crippen molar-refractivity contribution in [3.8, 4) is 16.5 Å². The van der Waals surface area contributed by atoms with Gasteiger partial charge in [0.15, 0.2) is 5.82 Å². The summed E-state index contributed by atoms with van der Waals surface area (Å²) in [5.74, 6) is 2.20. The summed E-state index contributed by atoms with van der Waals surface area (Å²) >= 11 is 4.92. The van der Waals surface area contributed by atoms with Gasteiger partial charge in [-0.3, -0.25) is 0 Å². The molecule has 1 aromatic carbocycles. The van der Waals surface area contributed by atoms with Crippen LogP contribution in [0.4, 0.5) is 5.82 Å². The number of rotatable bonds is 9. The molecule has 2 heterocycles. The Kier molecular flexibility index (Phi) is 7.42. The first-order valence-corrected chi connectivity index (χ1v) is 10.7. The molecular weight excluding hydrogens is 454 g/mol. The van der Waals surface area contributed by atoms with Crippen LogP contribution < -0.4 is 15.8 Å². The van der Waals surface area contributed by atoms with E-state index < -0.39 is 0 Å². The molecule has 2 aromatic heterocycles. The van der Waals surface area contributed by atoms with Crippen molar-refractivity contribution < 1.29 is 9.94 Å². The molecule has 0 radical (unpaired) electrons. The first-order chi connectivity index (χ1) is 14.1. The minimum atomic E-state index is 0.128. The summed E-state index contributed by atoms with van der Waals surface area (Å²) in [4.78, 5) is 10.7. The highest BCUT2D eigenvalue weighted by Gasteiger charge is 2.15. The largest absolute Gasteiger partial charge is 0.493 e. The number of anilines is 1. The molecule has 0 spiro atoms. The molecule has 29 heavy (non-hydrogen) atoms. The van der Waals surface area contributed by atoms with E-state index in [1.165, 1.54) is 16.9 Å². The number of thiophene rings is 1. The third kappa shape index (κ3) is 5.91. The second-order valence-corrected chi connectivity index (χ2v) is 8.22. The molecule has 0 saturated heterocycles. The Balaban J connectivity index is 1.71. The molecule has 152 valence electrons. The highest BCUT2D eigenvalue weighted by atomic mass is 79.9. The first-order valence-electron chi connectivity index (χ1n) is 9.12. The van der Waals surface area contributed by atoms with E-state index in [0.717, 1.165) is 33.0 Å². The summed E-state index contributed by atoms with van der Waals surface area (Å²) in [5.41, 5.74) is 6.91. The van der Waals surface area contributed by atoms with E-state index in [1.807, 2.05) is 31.2 Å². The van der Waals surface area contributed by atoms with E-state index in [9.17, 15) is 0 Å². The smallest absolute Gasteiger partial charge is 0.171 e. The topological polar surface area (TPSA) is 106 Å². The maximum atomic E-state index is 8.85. The Hall–Kier alpha value is -2.65. The van der Waals surface area contributed by atoms with E-state index in [4.69, 9.17) is 15.7 Å². The fourth-order valence-corrected chi connectivity index (χ4v) is 4.01. The number of ether oxygens (including phenoxy) is 1. The average Bonchev–Trinajstić information content (AvgIpc) is 3.12. The van der Waals surface area contributed by atoms with E-state index in [-0.39, 0.29) is 5.84 Å². The lowest BCUT2D eigenvalue weighted by Crippen LogP contribution is -2.14. The summed E-state index contributed by atoms with van der Waals surface area (Å²) in [5, 5.41) is 15.2. The Morgan fingerprint density at radius 2 is 2.10 bits per heavy atom. The molecule has 3 rings (SSSR count). The lowest BCUT2D eigenvalue weighted by molar-refractivity contribution is 0.317. The van der Waals surface area contributed by atoms with Gasteiger partial charge in [0.2, 0.25) is 0 Å². The molecular formula is C20H22BrN5O2S. The van der Waals surface area contributed by atoms with Crippen molar-refractivity contribution in [2.45, 2.75) is 19.8 Å². The number of nitrogens with two attached hydrogens (primary N) is 1. The molecule has 0 fully saturated rings. The maximum Gasteiger partial charge on any atom is 0.171 e. The van der Waals surface area contributed by atoms with Crippen LogP contribution in [0.5, 0.6) is 5.75 Å². The van der Waals surface area contributed by atoms with Gasteiger partial charge < -0.3 is 21.0 Å². The zero-order valence-electron chi connectivity index (χ0n) is 15.9. The first kappa shape index (κ1) is 21.1. The maximum absolute atomic E-state index is 8.85. The second kappa shape index (κ2) is 10.2. The normalized spacial score (nSPS) is 11.4. The lowest BCUT2D eigenvalue weighted by Gasteiger charge is -2.06. The lowest BCUT2D eigenvalue weighted by atomic mass is 10.1. The van der Waals surface area contributed by atoms with Crippen LogP contribution in [0.15, 0.2) is 52.2 Å². The van der Waals surface area contributed by atoms with Gasteiger partial charge in [0, 0.05) is 29.7 Å². The second-order valence-electron chi connectivity index (χ2n) is 6.17. The van der Waals surface area contributed by atoms with Crippen molar-refractivity contribution in [2.24, 2.45) is 10.9 Å². The number of hydrogen-bond donors (Lipinski definition) is 3. The summed E-state index contributed by atoms with van der Waals surface area (Å²) in [6.45, 7) is 3.20. The Labute approximate surface area is 181 Å². The van der Waals surface area contributed by atoms with Gasteiger partial charge >= 0.3 is 0 Å². The van der Waals surface area contributed by atoms with Gasteiger partial charge in [-0.05, 0) is 37.1 Å². The molecule has 0 aliphatic rings.